The Balaban J connectivity index is 2.51. The van der Waals surface area contributed by atoms with Crippen molar-refractivity contribution in [3.05, 3.63) is 53.6 Å². The van der Waals surface area contributed by atoms with Crippen molar-refractivity contribution in [2.24, 2.45) is 0 Å². The number of hydrogen-bond donors (Lipinski definition) is 0. The summed E-state index contributed by atoms with van der Waals surface area (Å²) in [6.07, 6.45) is 0.897. The molecule has 0 fully saturated rings. The van der Waals surface area contributed by atoms with Crippen molar-refractivity contribution < 1.29 is 19.0 Å². The summed E-state index contributed by atoms with van der Waals surface area (Å²) in [7, 11) is 3.65. The Hall–Kier alpha value is -1.90. The minimum atomic E-state index is -0.191. The van der Waals surface area contributed by atoms with E-state index in [4.69, 9.17) is 14.2 Å². The van der Waals surface area contributed by atoms with E-state index in [2.05, 4.69) is 19.9 Å². The summed E-state index contributed by atoms with van der Waals surface area (Å²) >= 11 is 0. The van der Waals surface area contributed by atoms with Gasteiger partial charge in [-0.05, 0) is 24.7 Å². The molecule has 0 aliphatic carbocycles. The number of hydrogen-bond acceptors (Lipinski definition) is 4. The molecular formula is C21H27O4P. The van der Waals surface area contributed by atoms with Crippen LogP contribution in [0.15, 0.2) is 42.5 Å². The Morgan fingerprint density at radius 1 is 1.12 bits per heavy atom. The minimum Gasteiger partial charge on any atom is -0.493 e. The van der Waals surface area contributed by atoms with Gasteiger partial charge in [0.05, 0.1) is 7.11 Å². The second kappa shape index (κ2) is 9.16. The number of ether oxygens (including phenoxy) is 3. The number of rotatable bonds is 9. The highest BCUT2D eigenvalue weighted by molar-refractivity contribution is 7.48. The molecule has 4 nitrogen and oxygen atoms in total. The number of para-hydroxylation sites is 1. The van der Waals surface area contributed by atoms with Gasteiger partial charge in [-0.25, -0.2) is 0 Å². The Labute approximate surface area is 157 Å². The second-order valence-electron chi connectivity index (χ2n) is 6.30. The highest BCUT2D eigenvalue weighted by atomic mass is 31.1. The molecule has 2 rings (SSSR count). The van der Waals surface area contributed by atoms with Crippen LogP contribution in [0.2, 0.25) is 0 Å². The molecule has 0 aliphatic heterocycles. The molecule has 0 heterocycles. The number of Topliss-reactive ketones (excluding diaryl/α,β-unsaturated/α-hetero) is 1. The summed E-state index contributed by atoms with van der Waals surface area (Å²) in [5.74, 6) is 1.48. The third-order valence-corrected chi connectivity index (χ3v) is 6.42. The maximum absolute atomic E-state index is 12.0. The largest absolute Gasteiger partial charge is 0.493 e. The van der Waals surface area contributed by atoms with E-state index in [1.165, 1.54) is 0 Å². The summed E-state index contributed by atoms with van der Waals surface area (Å²) in [6.45, 7) is 6.13. The molecule has 0 aliphatic rings. The molecule has 140 valence electrons. The van der Waals surface area contributed by atoms with Crippen LogP contribution in [0, 0.1) is 0 Å². The molecule has 0 bridgehead atoms. The van der Waals surface area contributed by atoms with Crippen LogP contribution < -0.4 is 14.8 Å². The molecule has 0 aromatic heterocycles. The summed E-state index contributed by atoms with van der Waals surface area (Å²) in [4.78, 5) is 12.0. The Morgan fingerprint density at radius 2 is 1.85 bits per heavy atom. The zero-order valence-corrected chi connectivity index (χ0v) is 17.1. The molecule has 2 atom stereocenters. The van der Waals surface area contributed by atoms with E-state index in [0.717, 1.165) is 22.9 Å². The first-order valence-corrected chi connectivity index (χ1v) is 9.64. The Kier molecular flexibility index (Phi) is 7.19. The lowest BCUT2D eigenvalue weighted by Crippen LogP contribution is -2.22. The lowest BCUT2D eigenvalue weighted by Gasteiger charge is -2.32. The number of benzene rings is 2. The molecule has 0 saturated heterocycles. The zero-order valence-electron chi connectivity index (χ0n) is 16.1. The van der Waals surface area contributed by atoms with Gasteiger partial charge in [0.2, 0.25) is 0 Å². The molecule has 0 N–H and O–H groups in total. The van der Waals surface area contributed by atoms with E-state index >= 15 is 0 Å². The van der Waals surface area contributed by atoms with Gasteiger partial charge in [0.25, 0.3) is 0 Å². The smallest absolute Gasteiger partial charge is 0.188 e. The maximum Gasteiger partial charge on any atom is 0.188 e. The molecule has 0 amide bonds. The van der Waals surface area contributed by atoms with Crippen molar-refractivity contribution in [3.63, 3.8) is 0 Å². The van der Waals surface area contributed by atoms with Gasteiger partial charge in [-0.3, -0.25) is 4.79 Å². The van der Waals surface area contributed by atoms with Crippen molar-refractivity contribution in [1.29, 1.82) is 0 Å². The second-order valence-corrected chi connectivity index (χ2v) is 8.19. The lowest BCUT2D eigenvalue weighted by atomic mass is 9.96. The third kappa shape index (κ3) is 4.44. The van der Waals surface area contributed by atoms with E-state index in [-0.39, 0.29) is 17.7 Å². The predicted octanol–water partition coefficient (Wildman–Crippen LogP) is 4.51. The van der Waals surface area contributed by atoms with Crippen LogP contribution >= 0.6 is 8.58 Å². The molecule has 0 saturated carbocycles. The zero-order chi connectivity index (χ0) is 19.2. The fraction of sp³-hybridized carbons (Fsp3) is 0.381. The standard InChI is InChI=1S/C21H27O4P/c1-6-21(3,26-19-13-8-7-10-16(19)15(2)22)17-11-9-12-18(24-5)20(17)25-14-23-4/h7-13,26H,6,14H2,1-5H3. The van der Waals surface area contributed by atoms with E-state index < -0.39 is 0 Å². The van der Waals surface area contributed by atoms with Crippen LogP contribution in [-0.2, 0) is 9.89 Å². The number of carbonyl (C=O) groups excluding carboxylic acids is 1. The van der Waals surface area contributed by atoms with Gasteiger partial charge in [0.1, 0.15) is 0 Å². The van der Waals surface area contributed by atoms with Crippen molar-refractivity contribution in [2.75, 3.05) is 21.0 Å². The van der Waals surface area contributed by atoms with Crippen molar-refractivity contribution in [3.8, 4) is 11.5 Å². The predicted molar refractivity (Wildman–Crippen MR) is 108 cm³/mol. The summed E-state index contributed by atoms with van der Waals surface area (Å²) in [5, 5.41) is 0.883. The van der Waals surface area contributed by atoms with Crippen molar-refractivity contribution >= 4 is 19.7 Å². The average Bonchev–Trinajstić information content (AvgIpc) is 2.66. The Bertz CT molecular complexity index is 759. The monoisotopic (exact) mass is 374 g/mol. The fourth-order valence-electron chi connectivity index (χ4n) is 2.92. The first-order chi connectivity index (χ1) is 12.5. The maximum atomic E-state index is 12.0. The molecular weight excluding hydrogens is 347 g/mol. The highest BCUT2D eigenvalue weighted by Gasteiger charge is 2.31. The van der Waals surface area contributed by atoms with Gasteiger partial charge in [0, 0.05) is 23.4 Å². The van der Waals surface area contributed by atoms with Crippen LogP contribution in [0.5, 0.6) is 11.5 Å². The molecule has 5 heteroatoms. The van der Waals surface area contributed by atoms with Gasteiger partial charge >= 0.3 is 0 Å². The van der Waals surface area contributed by atoms with E-state index in [1.54, 1.807) is 21.1 Å². The number of methoxy groups -OCH3 is 2. The van der Waals surface area contributed by atoms with Crippen LogP contribution in [0.1, 0.15) is 43.1 Å². The van der Waals surface area contributed by atoms with Crippen LogP contribution in [0.25, 0.3) is 0 Å². The van der Waals surface area contributed by atoms with Gasteiger partial charge in [-0.2, -0.15) is 0 Å². The minimum absolute atomic E-state index is 0.0908. The first kappa shape index (κ1) is 20.4. The van der Waals surface area contributed by atoms with Gasteiger partial charge in [0.15, 0.2) is 24.1 Å². The average molecular weight is 374 g/mol. The van der Waals surface area contributed by atoms with Crippen LogP contribution in [0.3, 0.4) is 0 Å². The SMILES string of the molecule is CCC(C)(Pc1ccccc1C(C)=O)c1cccc(OC)c1OCOC. The third-order valence-electron chi connectivity index (χ3n) is 4.54. The quantitative estimate of drug-likeness (QED) is 0.368. The molecule has 2 aromatic carbocycles. The van der Waals surface area contributed by atoms with Crippen molar-refractivity contribution in [2.45, 2.75) is 32.3 Å². The number of ketones is 1. The molecule has 26 heavy (non-hydrogen) atoms. The molecule has 0 radical (unpaired) electrons. The molecule has 2 aromatic rings. The topological polar surface area (TPSA) is 44.8 Å². The lowest BCUT2D eigenvalue weighted by molar-refractivity contribution is 0.0480. The number of carbonyl (C=O) groups is 1. The fourth-order valence-corrected chi connectivity index (χ4v) is 4.60. The van der Waals surface area contributed by atoms with E-state index in [9.17, 15) is 4.79 Å². The molecule has 2 unspecified atom stereocenters. The van der Waals surface area contributed by atoms with Gasteiger partial charge < -0.3 is 14.2 Å². The summed E-state index contributed by atoms with van der Waals surface area (Å²) in [6, 6.07) is 13.8. The van der Waals surface area contributed by atoms with E-state index in [1.807, 2.05) is 36.4 Å². The van der Waals surface area contributed by atoms with E-state index in [0.29, 0.717) is 20.1 Å². The first-order valence-electron chi connectivity index (χ1n) is 8.64. The van der Waals surface area contributed by atoms with Crippen LogP contribution in [-0.4, -0.2) is 26.8 Å². The summed E-state index contributed by atoms with van der Waals surface area (Å²) in [5.41, 5.74) is 1.85. The van der Waals surface area contributed by atoms with Crippen LogP contribution in [0.4, 0.5) is 0 Å². The summed E-state index contributed by atoms with van der Waals surface area (Å²) < 4.78 is 16.5. The van der Waals surface area contributed by atoms with Crippen molar-refractivity contribution in [1.82, 2.24) is 0 Å². The van der Waals surface area contributed by atoms with Gasteiger partial charge in [-0.15, -0.1) is 0 Å². The van der Waals surface area contributed by atoms with Gasteiger partial charge in [-0.1, -0.05) is 58.8 Å². The highest BCUT2D eigenvalue weighted by Crippen LogP contribution is 2.49. The molecule has 0 spiro atoms. The Morgan fingerprint density at radius 3 is 2.46 bits per heavy atom. The normalized spacial score (nSPS) is 13.6.